The van der Waals surface area contributed by atoms with E-state index in [0.717, 1.165) is 12.2 Å². The van der Waals surface area contributed by atoms with Crippen LogP contribution in [0.4, 0.5) is 18.9 Å². The van der Waals surface area contributed by atoms with E-state index in [4.69, 9.17) is 5.73 Å². The van der Waals surface area contributed by atoms with Crippen LogP contribution < -0.4 is 15.8 Å². The minimum atomic E-state index is -4.69. The van der Waals surface area contributed by atoms with Gasteiger partial charge in [0.1, 0.15) is 5.75 Å². The summed E-state index contributed by atoms with van der Waals surface area (Å²) in [6, 6.07) is 5.34. The number of nitrogens with two attached hydrogens (primary N) is 1. The molecule has 3 N–H and O–H groups in total. The largest absolute Gasteiger partial charge is 0.573 e. The fraction of sp³-hybridized carbons (Fsp3) is 0.462. The Balaban J connectivity index is 1.85. The number of ether oxygens (including phenoxy) is 1. The van der Waals surface area contributed by atoms with E-state index < -0.39 is 6.36 Å². The van der Waals surface area contributed by atoms with E-state index >= 15 is 0 Å². The summed E-state index contributed by atoms with van der Waals surface area (Å²) in [4.78, 5) is 4.23. The molecule has 1 atom stereocenters. The number of benzene rings is 1. The molecule has 2 rings (SSSR count). The van der Waals surface area contributed by atoms with Crippen molar-refractivity contribution in [3.8, 4) is 5.75 Å². The summed E-state index contributed by atoms with van der Waals surface area (Å²) in [5.41, 5.74) is 6.30. The van der Waals surface area contributed by atoms with Gasteiger partial charge in [-0.3, -0.25) is 4.99 Å². The zero-order chi connectivity index (χ0) is 15.3. The van der Waals surface area contributed by atoms with Gasteiger partial charge in [0.25, 0.3) is 0 Å². The van der Waals surface area contributed by atoms with E-state index in [0.29, 0.717) is 17.5 Å². The molecule has 0 amide bonds. The van der Waals surface area contributed by atoms with Gasteiger partial charge < -0.3 is 15.8 Å². The Morgan fingerprint density at radius 3 is 2.67 bits per heavy atom. The van der Waals surface area contributed by atoms with Crippen molar-refractivity contribution in [3.63, 3.8) is 0 Å². The lowest BCUT2D eigenvalue weighted by Crippen LogP contribution is -2.24. The van der Waals surface area contributed by atoms with Crippen LogP contribution in [0.1, 0.15) is 12.8 Å². The molecule has 4 nitrogen and oxygen atoms in total. The minimum Gasteiger partial charge on any atom is -0.406 e. The van der Waals surface area contributed by atoms with E-state index in [2.05, 4.69) is 15.0 Å². The summed E-state index contributed by atoms with van der Waals surface area (Å²) in [6.07, 6.45) is -2.34. The monoisotopic (exact) mass is 319 g/mol. The third kappa shape index (κ3) is 5.74. The van der Waals surface area contributed by atoms with Crippen molar-refractivity contribution in [1.29, 1.82) is 0 Å². The number of aliphatic imine (C=N–C) groups is 1. The van der Waals surface area contributed by atoms with Gasteiger partial charge in [0, 0.05) is 10.9 Å². The van der Waals surface area contributed by atoms with Gasteiger partial charge in [-0.1, -0.05) is 0 Å². The van der Waals surface area contributed by atoms with Gasteiger partial charge in [-0.25, -0.2) is 0 Å². The van der Waals surface area contributed by atoms with Crippen LogP contribution in [0.2, 0.25) is 0 Å². The predicted molar refractivity (Wildman–Crippen MR) is 78.7 cm³/mol. The number of nitrogens with zero attached hydrogens (tertiary/aromatic N) is 1. The first kappa shape index (κ1) is 15.8. The number of nitrogens with one attached hydrogen (secondary N) is 1. The summed E-state index contributed by atoms with van der Waals surface area (Å²) < 4.78 is 39.8. The molecular formula is C13H16F3N3OS. The second-order valence-electron chi connectivity index (χ2n) is 4.56. The maximum absolute atomic E-state index is 12.0. The maximum Gasteiger partial charge on any atom is 0.573 e. The highest BCUT2D eigenvalue weighted by Crippen LogP contribution is 2.26. The molecule has 21 heavy (non-hydrogen) atoms. The third-order valence-electron chi connectivity index (χ3n) is 2.85. The van der Waals surface area contributed by atoms with Crippen molar-refractivity contribution in [2.45, 2.75) is 24.5 Å². The number of rotatable bonds is 4. The van der Waals surface area contributed by atoms with Crippen molar-refractivity contribution >= 4 is 23.4 Å². The number of alkyl halides is 3. The Morgan fingerprint density at radius 1 is 1.38 bits per heavy atom. The van der Waals surface area contributed by atoms with Crippen LogP contribution in [0.5, 0.6) is 5.75 Å². The molecule has 116 valence electrons. The van der Waals surface area contributed by atoms with Gasteiger partial charge in [0.15, 0.2) is 5.96 Å². The first-order chi connectivity index (χ1) is 9.92. The number of anilines is 1. The van der Waals surface area contributed by atoms with E-state index in [9.17, 15) is 13.2 Å². The first-order valence-corrected chi connectivity index (χ1v) is 7.51. The molecule has 0 aliphatic carbocycles. The topological polar surface area (TPSA) is 59.6 Å². The molecule has 0 saturated carbocycles. The molecule has 0 bridgehead atoms. The molecule has 0 aromatic heterocycles. The van der Waals surface area contributed by atoms with Gasteiger partial charge in [0.2, 0.25) is 0 Å². The zero-order valence-electron chi connectivity index (χ0n) is 11.2. The minimum absolute atomic E-state index is 0.256. The quantitative estimate of drug-likeness (QED) is 0.661. The second-order valence-corrected chi connectivity index (χ2v) is 5.97. The standard InChI is InChI=1S/C13H16F3N3OS/c14-13(15,16)20-10-5-3-9(4-6-10)19-12(17)18-8-11-2-1-7-21-11/h3-6,11H,1-2,7-8H2,(H3,17,18,19). The van der Waals surface area contributed by atoms with Gasteiger partial charge in [-0.15, -0.1) is 13.2 Å². The van der Waals surface area contributed by atoms with Gasteiger partial charge in [0.05, 0.1) is 6.54 Å². The summed E-state index contributed by atoms with van der Waals surface area (Å²) in [5, 5.41) is 3.34. The summed E-state index contributed by atoms with van der Waals surface area (Å²) in [7, 11) is 0. The number of halogens is 3. The number of thioether (sulfide) groups is 1. The van der Waals surface area contributed by atoms with Crippen LogP contribution in [-0.4, -0.2) is 29.9 Å². The molecule has 1 fully saturated rings. The van der Waals surface area contributed by atoms with Crippen molar-refractivity contribution in [3.05, 3.63) is 24.3 Å². The molecule has 1 aromatic rings. The summed E-state index contributed by atoms with van der Waals surface area (Å²) in [6.45, 7) is 0.652. The molecule has 0 radical (unpaired) electrons. The van der Waals surface area contributed by atoms with Crippen LogP contribution in [0.15, 0.2) is 29.3 Å². The Morgan fingerprint density at radius 2 is 2.10 bits per heavy atom. The van der Waals surface area contributed by atoms with Crippen molar-refractivity contribution in [2.24, 2.45) is 10.7 Å². The third-order valence-corrected chi connectivity index (χ3v) is 4.23. The summed E-state index contributed by atoms with van der Waals surface area (Å²) in [5.74, 6) is 1.15. The molecule has 1 aliphatic heterocycles. The Bertz CT molecular complexity index is 484. The lowest BCUT2D eigenvalue weighted by molar-refractivity contribution is -0.274. The maximum atomic E-state index is 12.0. The van der Waals surface area contributed by atoms with Crippen LogP contribution in [0.3, 0.4) is 0 Å². The van der Waals surface area contributed by atoms with E-state index in [1.807, 2.05) is 11.8 Å². The van der Waals surface area contributed by atoms with Crippen molar-refractivity contribution in [1.82, 2.24) is 0 Å². The molecule has 0 spiro atoms. The second kappa shape index (κ2) is 6.93. The number of hydrogen-bond acceptors (Lipinski definition) is 3. The molecule has 8 heteroatoms. The Labute approximate surface area is 124 Å². The predicted octanol–water partition coefficient (Wildman–Crippen LogP) is 3.21. The highest BCUT2D eigenvalue weighted by molar-refractivity contribution is 8.00. The fourth-order valence-electron chi connectivity index (χ4n) is 1.92. The van der Waals surface area contributed by atoms with Gasteiger partial charge in [-0.2, -0.15) is 11.8 Å². The number of guanidine groups is 1. The Hall–Kier alpha value is -1.57. The number of hydrogen-bond donors (Lipinski definition) is 2. The summed E-state index contributed by atoms with van der Waals surface area (Å²) >= 11 is 1.88. The first-order valence-electron chi connectivity index (χ1n) is 6.47. The molecule has 1 aliphatic rings. The van der Waals surface area contributed by atoms with Crippen LogP contribution in [0.25, 0.3) is 0 Å². The van der Waals surface area contributed by atoms with Crippen molar-refractivity contribution in [2.75, 3.05) is 17.6 Å². The highest BCUT2D eigenvalue weighted by atomic mass is 32.2. The Kier molecular flexibility index (Phi) is 5.22. The van der Waals surface area contributed by atoms with Crippen LogP contribution in [0, 0.1) is 0 Å². The average Bonchev–Trinajstić information content (AvgIpc) is 2.90. The van der Waals surface area contributed by atoms with Crippen LogP contribution in [-0.2, 0) is 0 Å². The van der Waals surface area contributed by atoms with Crippen LogP contribution >= 0.6 is 11.8 Å². The molecule has 1 saturated heterocycles. The smallest absolute Gasteiger partial charge is 0.406 e. The molecule has 1 heterocycles. The lowest BCUT2D eigenvalue weighted by Gasteiger charge is -2.10. The molecule has 1 aromatic carbocycles. The molecular weight excluding hydrogens is 303 g/mol. The fourth-order valence-corrected chi connectivity index (χ4v) is 3.10. The SMILES string of the molecule is NC(=NCC1CCCS1)Nc1ccc(OC(F)(F)F)cc1. The van der Waals surface area contributed by atoms with E-state index in [-0.39, 0.29) is 11.7 Å². The average molecular weight is 319 g/mol. The normalized spacial score (nSPS) is 19.6. The van der Waals surface area contributed by atoms with E-state index in [1.54, 1.807) is 0 Å². The van der Waals surface area contributed by atoms with Gasteiger partial charge in [-0.05, 0) is 42.9 Å². The van der Waals surface area contributed by atoms with E-state index in [1.165, 1.54) is 30.7 Å². The highest BCUT2D eigenvalue weighted by Gasteiger charge is 2.30. The molecule has 1 unspecified atom stereocenters. The van der Waals surface area contributed by atoms with Gasteiger partial charge >= 0.3 is 6.36 Å². The lowest BCUT2D eigenvalue weighted by atomic mass is 10.2. The van der Waals surface area contributed by atoms with Crippen molar-refractivity contribution < 1.29 is 17.9 Å². The zero-order valence-corrected chi connectivity index (χ0v) is 12.0.